The molecule has 10 rings (SSSR count). The van der Waals surface area contributed by atoms with Gasteiger partial charge in [-0.05, 0) is 97.2 Å². The van der Waals surface area contributed by atoms with E-state index in [9.17, 15) is 0 Å². The summed E-state index contributed by atoms with van der Waals surface area (Å²) in [5, 5.41) is 2.53. The van der Waals surface area contributed by atoms with Gasteiger partial charge in [0.25, 0.3) is 0 Å². The molecule has 1 aliphatic carbocycles. The second-order valence-electron chi connectivity index (χ2n) is 14.0. The van der Waals surface area contributed by atoms with Crippen molar-refractivity contribution >= 4 is 27.8 Å². The van der Waals surface area contributed by atoms with E-state index in [4.69, 9.17) is 0 Å². The maximum atomic E-state index is 2.47. The summed E-state index contributed by atoms with van der Waals surface area (Å²) in [6.45, 7) is 0. The number of para-hydroxylation sites is 2. The number of benzene rings is 9. The molecule has 1 aliphatic rings. The molecule has 0 saturated carbocycles. The first-order chi connectivity index (χ1) is 26.8. The van der Waals surface area contributed by atoms with Crippen LogP contribution in [0.2, 0.25) is 0 Å². The molecule has 9 aromatic rings. The van der Waals surface area contributed by atoms with Crippen LogP contribution in [-0.2, 0) is 5.41 Å². The number of anilines is 3. The van der Waals surface area contributed by atoms with Crippen LogP contribution in [0.4, 0.5) is 17.1 Å². The molecule has 0 fully saturated rings. The standard InChI is InChI=1S/C53H37N/c1-6-20-38(21-7-1)44-30-18-19-33-51(44)54(42-28-14-5-15-29-42)43-34-35-50-48(36-43)49-37-47(39-22-8-2-9-23-39)45-31-16-17-32-46(45)52(49)53(50,40-24-10-3-11-25-40)41-26-12-4-13-27-41/h1-37H. The average Bonchev–Trinajstić information content (AvgIpc) is 3.56. The van der Waals surface area contributed by atoms with Gasteiger partial charge in [-0.2, -0.15) is 0 Å². The smallest absolute Gasteiger partial charge is 0.0719 e. The first-order valence-corrected chi connectivity index (χ1v) is 18.7. The second-order valence-corrected chi connectivity index (χ2v) is 14.0. The van der Waals surface area contributed by atoms with Crippen molar-refractivity contribution in [1.82, 2.24) is 0 Å². The molecule has 0 N–H and O–H groups in total. The first kappa shape index (κ1) is 31.7. The molecule has 0 unspecified atom stereocenters. The fraction of sp³-hybridized carbons (Fsp3) is 0.0189. The minimum atomic E-state index is -0.542. The second kappa shape index (κ2) is 13.2. The van der Waals surface area contributed by atoms with Crippen molar-refractivity contribution in [3.63, 3.8) is 0 Å². The number of hydrogen-bond donors (Lipinski definition) is 0. The largest absolute Gasteiger partial charge is 0.310 e. The fourth-order valence-corrected chi connectivity index (χ4v) is 8.88. The lowest BCUT2D eigenvalue weighted by molar-refractivity contribution is 0.775. The van der Waals surface area contributed by atoms with Gasteiger partial charge in [0, 0.05) is 16.9 Å². The zero-order chi connectivity index (χ0) is 35.9. The highest BCUT2D eigenvalue weighted by molar-refractivity contribution is 6.08. The van der Waals surface area contributed by atoms with Crippen LogP contribution in [0.15, 0.2) is 224 Å². The minimum absolute atomic E-state index is 0.542. The molecule has 254 valence electrons. The van der Waals surface area contributed by atoms with Gasteiger partial charge in [-0.3, -0.25) is 0 Å². The van der Waals surface area contributed by atoms with Crippen molar-refractivity contribution in [1.29, 1.82) is 0 Å². The molecule has 1 heteroatoms. The van der Waals surface area contributed by atoms with Gasteiger partial charge >= 0.3 is 0 Å². The lowest BCUT2D eigenvalue weighted by Crippen LogP contribution is -2.29. The summed E-state index contributed by atoms with van der Waals surface area (Å²) in [6, 6.07) is 82.0. The number of nitrogens with zero attached hydrogens (tertiary/aromatic N) is 1. The third kappa shape index (κ3) is 5.01. The lowest BCUT2D eigenvalue weighted by atomic mass is 9.66. The highest BCUT2D eigenvalue weighted by Gasteiger charge is 2.47. The van der Waals surface area contributed by atoms with Gasteiger partial charge in [-0.15, -0.1) is 0 Å². The molecule has 1 nitrogen and oxygen atoms in total. The molecule has 0 amide bonds. The average molecular weight is 688 g/mol. The van der Waals surface area contributed by atoms with Crippen molar-refractivity contribution in [3.05, 3.63) is 247 Å². The highest BCUT2D eigenvalue weighted by atomic mass is 15.1. The predicted octanol–water partition coefficient (Wildman–Crippen LogP) is 14.0. The van der Waals surface area contributed by atoms with Crippen molar-refractivity contribution in [2.45, 2.75) is 5.41 Å². The van der Waals surface area contributed by atoms with E-state index in [0.29, 0.717) is 0 Å². The molecule has 9 aromatic carbocycles. The van der Waals surface area contributed by atoms with Crippen LogP contribution in [0.3, 0.4) is 0 Å². The minimum Gasteiger partial charge on any atom is -0.310 e. The summed E-state index contributed by atoms with van der Waals surface area (Å²) in [4.78, 5) is 2.42. The Morgan fingerprint density at radius 2 is 0.815 bits per heavy atom. The zero-order valence-electron chi connectivity index (χ0n) is 29.8. The predicted molar refractivity (Wildman–Crippen MR) is 227 cm³/mol. The molecule has 0 atom stereocenters. The maximum absolute atomic E-state index is 2.47. The molecule has 0 heterocycles. The van der Waals surface area contributed by atoms with Crippen molar-refractivity contribution in [3.8, 4) is 33.4 Å². The summed E-state index contributed by atoms with van der Waals surface area (Å²) >= 11 is 0. The quantitative estimate of drug-likeness (QED) is 0.161. The van der Waals surface area contributed by atoms with Gasteiger partial charge in [-0.1, -0.05) is 188 Å². The van der Waals surface area contributed by atoms with Crippen LogP contribution in [0.1, 0.15) is 22.3 Å². The van der Waals surface area contributed by atoms with E-state index in [0.717, 1.165) is 17.1 Å². The van der Waals surface area contributed by atoms with Crippen LogP contribution in [0.25, 0.3) is 44.2 Å². The lowest BCUT2D eigenvalue weighted by Gasteiger charge is -2.35. The zero-order valence-corrected chi connectivity index (χ0v) is 29.8. The molecular weight excluding hydrogens is 651 g/mol. The SMILES string of the molecule is c1ccc(-c2ccccc2N(c2ccccc2)c2ccc3c(c2)-c2cc(-c4ccccc4)c4ccccc4c2C3(c2ccccc2)c2ccccc2)cc1. The number of fused-ring (bicyclic) bond motifs is 5. The monoisotopic (exact) mass is 687 g/mol. The van der Waals surface area contributed by atoms with E-state index in [1.165, 1.54) is 66.4 Å². The van der Waals surface area contributed by atoms with Gasteiger partial charge in [0.2, 0.25) is 0 Å². The summed E-state index contributed by atoms with van der Waals surface area (Å²) in [6.07, 6.45) is 0. The van der Waals surface area contributed by atoms with Gasteiger partial charge in [0.1, 0.15) is 0 Å². The molecule has 0 aromatic heterocycles. The molecule has 0 bridgehead atoms. The van der Waals surface area contributed by atoms with E-state index in [-0.39, 0.29) is 0 Å². The molecule has 54 heavy (non-hydrogen) atoms. The van der Waals surface area contributed by atoms with Gasteiger partial charge < -0.3 is 4.90 Å². The van der Waals surface area contributed by atoms with Crippen LogP contribution in [0.5, 0.6) is 0 Å². The highest BCUT2D eigenvalue weighted by Crippen LogP contribution is 2.60. The summed E-state index contributed by atoms with van der Waals surface area (Å²) in [5.74, 6) is 0. The van der Waals surface area contributed by atoms with E-state index in [2.05, 4.69) is 229 Å². The molecule has 0 radical (unpaired) electrons. The van der Waals surface area contributed by atoms with Gasteiger partial charge in [0.05, 0.1) is 11.1 Å². The van der Waals surface area contributed by atoms with Crippen molar-refractivity contribution < 1.29 is 0 Å². The van der Waals surface area contributed by atoms with Crippen molar-refractivity contribution in [2.75, 3.05) is 4.90 Å². The Morgan fingerprint density at radius 3 is 1.44 bits per heavy atom. The fourth-order valence-electron chi connectivity index (χ4n) is 8.88. The number of hydrogen-bond acceptors (Lipinski definition) is 1. The van der Waals surface area contributed by atoms with Crippen LogP contribution in [-0.4, -0.2) is 0 Å². The Bertz CT molecular complexity index is 2700. The normalized spacial score (nSPS) is 12.6. The third-order valence-electron chi connectivity index (χ3n) is 11.1. The Labute approximate surface area is 317 Å². The Hall–Kier alpha value is -6.96. The number of rotatable bonds is 7. The molecule has 0 spiro atoms. The van der Waals surface area contributed by atoms with Crippen LogP contribution >= 0.6 is 0 Å². The Kier molecular flexibility index (Phi) is 7.78. The summed E-state index contributed by atoms with van der Waals surface area (Å²) < 4.78 is 0. The molecule has 0 saturated heterocycles. The first-order valence-electron chi connectivity index (χ1n) is 18.7. The summed E-state index contributed by atoms with van der Waals surface area (Å²) in [5.41, 5.74) is 15.3. The van der Waals surface area contributed by atoms with Gasteiger partial charge in [-0.25, -0.2) is 0 Å². The van der Waals surface area contributed by atoms with E-state index in [1.807, 2.05) is 0 Å². The Morgan fingerprint density at radius 1 is 0.315 bits per heavy atom. The maximum Gasteiger partial charge on any atom is 0.0719 e. The van der Waals surface area contributed by atoms with E-state index >= 15 is 0 Å². The van der Waals surface area contributed by atoms with Crippen LogP contribution in [0, 0.1) is 0 Å². The van der Waals surface area contributed by atoms with E-state index < -0.39 is 5.41 Å². The van der Waals surface area contributed by atoms with Crippen LogP contribution < -0.4 is 4.90 Å². The van der Waals surface area contributed by atoms with Gasteiger partial charge in [0.15, 0.2) is 0 Å². The molecular formula is C53H37N. The topological polar surface area (TPSA) is 3.24 Å². The molecule has 0 aliphatic heterocycles. The third-order valence-corrected chi connectivity index (χ3v) is 11.1. The van der Waals surface area contributed by atoms with Crippen molar-refractivity contribution in [2.24, 2.45) is 0 Å². The van der Waals surface area contributed by atoms with E-state index in [1.54, 1.807) is 0 Å². The summed E-state index contributed by atoms with van der Waals surface area (Å²) in [7, 11) is 0. The Balaban J connectivity index is 1.32.